The van der Waals surface area contributed by atoms with Crippen molar-refractivity contribution >= 4 is 17.5 Å². The van der Waals surface area contributed by atoms with Gasteiger partial charge in [0, 0.05) is 37.8 Å². The second-order valence-corrected chi connectivity index (χ2v) is 9.13. The molecule has 2 aromatic rings. The Hall–Kier alpha value is -2.66. The largest absolute Gasteiger partial charge is 0.343 e. The van der Waals surface area contributed by atoms with Gasteiger partial charge in [-0.15, -0.1) is 0 Å². The molecule has 0 spiro atoms. The van der Waals surface area contributed by atoms with Crippen LogP contribution in [0.3, 0.4) is 0 Å². The molecule has 4 rings (SSSR count). The van der Waals surface area contributed by atoms with E-state index in [-0.39, 0.29) is 17.7 Å². The molecule has 32 heavy (non-hydrogen) atoms. The third-order valence-corrected chi connectivity index (χ3v) is 6.67. The standard InChI is InChI=1S/C27H35N3O2/c1-3-30(4-2)27(32)24-11-7-15-29(19-24)18-20-8-5-9-22(16-20)23-10-6-12-25(17-23)28-26(31)21-13-14-21/h5-6,8-10,12,16-17,21,24H,3-4,7,11,13-15,18-19H2,1-2H3,(H,28,31). The predicted molar refractivity (Wildman–Crippen MR) is 129 cm³/mol. The maximum absolute atomic E-state index is 12.8. The van der Waals surface area contributed by atoms with E-state index in [0.717, 1.165) is 75.2 Å². The van der Waals surface area contributed by atoms with E-state index >= 15 is 0 Å². The molecule has 5 nitrogen and oxygen atoms in total. The van der Waals surface area contributed by atoms with Gasteiger partial charge in [0.05, 0.1) is 5.92 Å². The molecule has 1 saturated carbocycles. The number of anilines is 1. The van der Waals surface area contributed by atoms with Crippen LogP contribution in [0.2, 0.25) is 0 Å². The molecule has 1 N–H and O–H groups in total. The van der Waals surface area contributed by atoms with Crippen molar-refractivity contribution in [1.82, 2.24) is 9.80 Å². The van der Waals surface area contributed by atoms with Crippen LogP contribution in [0.1, 0.15) is 45.1 Å². The zero-order valence-corrected chi connectivity index (χ0v) is 19.3. The second kappa shape index (κ2) is 10.3. The highest BCUT2D eigenvalue weighted by Gasteiger charge is 2.30. The Morgan fingerprint density at radius 1 is 0.969 bits per heavy atom. The van der Waals surface area contributed by atoms with Crippen LogP contribution in [0.15, 0.2) is 48.5 Å². The maximum Gasteiger partial charge on any atom is 0.227 e. The minimum absolute atomic E-state index is 0.110. The fourth-order valence-corrected chi connectivity index (χ4v) is 4.67. The average Bonchev–Trinajstić information content (AvgIpc) is 3.66. The van der Waals surface area contributed by atoms with E-state index in [4.69, 9.17) is 0 Å². The van der Waals surface area contributed by atoms with Crippen molar-refractivity contribution < 1.29 is 9.59 Å². The lowest BCUT2D eigenvalue weighted by Gasteiger charge is -2.34. The molecule has 1 heterocycles. The first-order valence-electron chi connectivity index (χ1n) is 12.1. The molecule has 5 heteroatoms. The fourth-order valence-electron chi connectivity index (χ4n) is 4.67. The molecule has 0 radical (unpaired) electrons. The van der Waals surface area contributed by atoms with Crippen molar-refractivity contribution in [3.8, 4) is 11.1 Å². The number of likely N-dealkylation sites (tertiary alicyclic amines) is 1. The van der Waals surface area contributed by atoms with Gasteiger partial charge in [0.25, 0.3) is 0 Å². The minimum Gasteiger partial charge on any atom is -0.343 e. The number of hydrogen-bond donors (Lipinski definition) is 1. The molecule has 1 unspecified atom stereocenters. The van der Waals surface area contributed by atoms with Crippen LogP contribution in [0.5, 0.6) is 0 Å². The quantitative estimate of drug-likeness (QED) is 0.652. The number of amides is 2. The summed E-state index contributed by atoms with van der Waals surface area (Å²) in [6.07, 6.45) is 4.07. The molecule has 170 valence electrons. The number of rotatable bonds is 8. The first-order valence-corrected chi connectivity index (χ1v) is 12.1. The van der Waals surface area contributed by atoms with Gasteiger partial charge in [-0.1, -0.05) is 30.3 Å². The Kier molecular flexibility index (Phi) is 7.26. The van der Waals surface area contributed by atoms with E-state index in [1.54, 1.807) is 0 Å². The van der Waals surface area contributed by atoms with Gasteiger partial charge in [-0.05, 0) is 81.0 Å². The van der Waals surface area contributed by atoms with E-state index in [9.17, 15) is 9.59 Å². The Bertz CT molecular complexity index is 949. The van der Waals surface area contributed by atoms with E-state index in [2.05, 4.69) is 60.5 Å². The lowest BCUT2D eigenvalue weighted by molar-refractivity contribution is -0.137. The van der Waals surface area contributed by atoms with Crippen LogP contribution in [0.4, 0.5) is 5.69 Å². The van der Waals surface area contributed by atoms with Crippen molar-refractivity contribution in [3.63, 3.8) is 0 Å². The van der Waals surface area contributed by atoms with Gasteiger partial charge >= 0.3 is 0 Å². The van der Waals surface area contributed by atoms with Crippen molar-refractivity contribution in [2.75, 3.05) is 31.5 Å². The third-order valence-electron chi connectivity index (χ3n) is 6.67. The third kappa shape index (κ3) is 5.57. The van der Waals surface area contributed by atoms with Gasteiger partial charge in [-0.3, -0.25) is 14.5 Å². The molecule has 2 aromatic carbocycles. The predicted octanol–water partition coefficient (Wildman–Crippen LogP) is 4.78. The number of benzene rings is 2. The van der Waals surface area contributed by atoms with E-state index in [0.29, 0.717) is 5.91 Å². The second-order valence-electron chi connectivity index (χ2n) is 9.13. The summed E-state index contributed by atoms with van der Waals surface area (Å²) in [6, 6.07) is 16.7. The van der Waals surface area contributed by atoms with Gasteiger partial charge in [-0.25, -0.2) is 0 Å². The van der Waals surface area contributed by atoms with Gasteiger partial charge in [0.2, 0.25) is 11.8 Å². The van der Waals surface area contributed by atoms with Crippen molar-refractivity contribution in [2.45, 2.75) is 46.1 Å². The highest BCUT2D eigenvalue weighted by Crippen LogP contribution is 2.31. The highest BCUT2D eigenvalue weighted by molar-refractivity contribution is 5.94. The Morgan fingerprint density at radius 3 is 2.41 bits per heavy atom. The summed E-state index contributed by atoms with van der Waals surface area (Å²) < 4.78 is 0. The molecule has 0 bridgehead atoms. The number of piperidine rings is 1. The molecule has 2 aliphatic rings. The topological polar surface area (TPSA) is 52.7 Å². The molecule has 1 aliphatic heterocycles. The van der Waals surface area contributed by atoms with Gasteiger partial charge < -0.3 is 10.2 Å². The van der Waals surface area contributed by atoms with E-state index < -0.39 is 0 Å². The summed E-state index contributed by atoms with van der Waals surface area (Å²) in [6.45, 7) is 8.41. The molecular formula is C27H35N3O2. The van der Waals surface area contributed by atoms with Crippen LogP contribution >= 0.6 is 0 Å². The lowest BCUT2D eigenvalue weighted by atomic mass is 9.95. The first-order chi connectivity index (χ1) is 15.6. The van der Waals surface area contributed by atoms with E-state index in [1.165, 1.54) is 5.56 Å². The van der Waals surface area contributed by atoms with Gasteiger partial charge in [0.1, 0.15) is 0 Å². The van der Waals surface area contributed by atoms with Crippen molar-refractivity contribution in [1.29, 1.82) is 0 Å². The van der Waals surface area contributed by atoms with Crippen LogP contribution in [-0.2, 0) is 16.1 Å². The van der Waals surface area contributed by atoms with Crippen LogP contribution in [-0.4, -0.2) is 47.8 Å². The summed E-state index contributed by atoms with van der Waals surface area (Å²) in [5, 5.41) is 3.05. The normalized spacial score (nSPS) is 18.9. The van der Waals surface area contributed by atoms with Crippen molar-refractivity contribution in [2.24, 2.45) is 11.8 Å². The first kappa shape index (κ1) is 22.5. The molecule has 1 aliphatic carbocycles. The molecule has 1 atom stereocenters. The summed E-state index contributed by atoms with van der Waals surface area (Å²) >= 11 is 0. The molecule has 2 fully saturated rings. The Morgan fingerprint density at radius 2 is 1.69 bits per heavy atom. The monoisotopic (exact) mass is 433 g/mol. The van der Waals surface area contributed by atoms with Crippen LogP contribution in [0, 0.1) is 11.8 Å². The number of carbonyl (C=O) groups excluding carboxylic acids is 2. The zero-order valence-electron chi connectivity index (χ0n) is 19.3. The summed E-state index contributed by atoms with van der Waals surface area (Å²) in [5.74, 6) is 0.746. The lowest BCUT2D eigenvalue weighted by Crippen LogP contribution is -2.44. The molecular weight excluding hydrogens is 398 g/mol. The number of hydrogen-bond acceptors (Lipinski definition) is 3. The SMILES string of the molecule is CCN(CC)C(=O)C1CCCN(Cc2cccc(-c3cccc(NC(=O)C4CC4)c3)c2)C1. The molecule has 0 aromatic heterocycles. The summed E-state index contributed by atoms with van der Waals surface area (Å²) in [5.41, 5.74) is 4.37. The summed E-state index contributed by atoms with van der Waals surface area (Å²) in [7, 11) is 0. The number of carbonyl (C=O) groups is 2. The highest BCUT2D eigenvalue weighted by atomic mass is 16.2. The maximum atomic E-state index is 12.8. The van der Waals surface area contributed by atoms with Crippen molar-refractivity contribution in [3.05, 3.63) is 54.1 Å². The Labute approximate surface area is 191 Å². The summed E-state index contributed by atoms with van der Waals surface area (Å²) in [4.78, 5) is 29.3. The van der Waals surface area contributed by atoms with E-state index in [1.807, 2.05) is 17.0 Å². The smallest absolute Gasteiger partial charge is 0.227 e. The van der Waals surface area contributed by atoms with Crippen LogP contribution < -0.4 is 5.32 Å². The fraction of sp³-hybridized carbons (Fsp3) is 0.481. The zero-order chi connectivity index (χ0) is 22.5. The molecule has 1 saturated heterocycles. The molecule has 2 amide bonds. The van der Waals surface area contributed by atoms with Gasteiger partial charge in [-0.2, -0.15) is 0 Å². The van der Waals surface area contributed by atoms with Gasteiger partial charge in [0.15, 0.2) is 0 Å². The van der Waals surface area contributed by atoms with Crippen LogP contribution in [0.25, 0.3) is 11.1 Å². The minimum atomic E-state index is 0.110. The number of nitrogens with one attached hydrogen (secondary N) is 1. The number of nitrogens with zero attached hydrogens (tertiary/aromatic N) is 2. The average molecular weight is 434 g/mol. The Balaban J connectivity index is 1.42.